The first-order valence-electron chi connectivity index (χ1n) is 8.23. The average molecular weight is 387 g/mol. The lowest BCUT2D eigenvalue weighted by atomic mass is 9.71. The molecule has 0 unspecified atom stereocenters. The maximum atomic E-state index is 12.7. The molecule has 0 aromatic heterocycles. The van der Waals surface area contributed by atoms with Gasteiger partial charge in [-0.15, -0.1) is 0 Å². The molecule has 0 bridgehead atoms. The van der Waals surface area contributed by atoms with E-state index < -0.39 is 17.5 Å². The topological polar surface area (TPSA) is 17.1 Å². The van der Waals surface area contributed by atoms with Gasteiger partial charge in [0, 0.05) is 10.6 Å². The Bertz CT molecular complexity index is 786. The van der Waals surface area contributed by atoms with E-state index in [2.05, 4.69) is 6.92 Å². The van der Waals surface area contributed by atoms with Gasteiger partial charge in [-0.25, -0.2) is 4.39 Å². The molecule has 140 valence electrons. The first kappa shape index (κ1) is 20.4. The summed E-state index contributed by atoms with van der Waals surface area (Å²) in [5.41, 5.74) is -0.0423. The van der Waals surface area contributed by atoms with Gasteiger partial charge in [0.25, 0.3) is 0 Å². The number of ketones is 1. The van der Waals surface area contributed by atoms with E-state index in [0.29, 0.717) is 16.9 Å². The zero-order valence-electron chi connectivity index (χ0n) is 14.4. The molecule has 0 heterocycles. The molecule has 0 amide bonds. The van der Waals surface area contributed by atoms with Crippen LogP contribution in [-0.4, -0.2) is 5.78 Å². The molecule has 0 spiro atoms. The highest BCUT2D eigenvalue weighted by Crippen LogP contribution is 2.44. The number of hydrogen-bond donors (Lipinski definition) is 0. The predicted octanol–water partition coefficient (Wildman–Crippen LogP) is 6.90. The molecule has 0 aliphatic heterocycles. The number of carbonyl (C=O) groups excluding carboxylic acids is 1. The number of rotatable bonds is 2. The van der Waals surface area contributed by atoms with Crippen LogP contribution in [0, 0.1) is 11.7 Å². The van der Waals surface area contributed by atoms with Crippen molar-refractivity contribution in [3.8, 4) is 0 Å². The molecule has 1 aliphatic carbocycles. The summed E-state index contributed by atoms with van der Waals surface area (Å²) in [7, 11) is 0. The quantitative estimate of drug-likeness (QED) is 0.405. The summed E-state index contributed by atoms with van der Waals surface area (Å²) in [4.78, 5) is 10.8. The van der Waals surface area contributed by atoms with E-state index in [1.165, 1.54) is 43.2 Å². The Morgan fingerprint density at radius 1 is 1.12 bits per heavy atom. The van der Waals surface area contributed by atoms with Gasteiger partial charge in [0.1, 0.15) is 5.82 Å². The first-order valence-corrected chi connectivity index (χ1v) is 8.61. The van der Waals surface area contributed by atoms with E-state index in [1.54, 1.807) is 0 Å². The third-order valence-corrected chi connectivity index (χ3v) is 4.92. The Morgan fingerprint density at radius 3 is 2.19 bits per heavy atom. The van der Waals surface area contributed by atoms with E-state index in [-0.39, 0.29) is 11.4 Å². The second-order valence-electron chi connectivity index (χ2n) is 6.43. The summed E-state index contributed by atoms with van der Waals surface area (Å²) < 4.78 is 49.5. The maximum absolute atomic E-state index is 12.7. The van der Waals surface area contributed by atoms with Crippen molar-refractivity contribution in [2.24, 2.45) is 5.92 Å². The van der Waals surface area contributed by atoms with Gasteiger partial charge in [-0.1, -0.05) is 42.8 Å². The van der Waals surface area contributed by atoms with Gasteiger partial charge in [-0.3, -0.25) is 4.79 Å². The highest BCUT2D eigenvalue weighted by Gasteiger charge is 2.33. The summed E-state index contributed by atoms with van der Waals surface area (Å²) >= 11 is 5.96. The van der Waals surface area contributed by atoms with Crippen molar-refractivity contribution < 1.29 is 22.4 Å². The van der Waals surface area contributed by atoms with Crippen LogP contribution in [0.2, 0.25) is 5.02 Å². The minimum absolute atomic E-state index is 0.249. The highest BCUT2D eigenvalue weighted by atomic mass is 35.5. The van der Waals surface area contributed by atoms with Crippen LogP contribution in [-0.2, 0) is 6.18 Å². The minimum atomic E-state index is -4.46. The third kappa shape index (κ3) is 4.85. The zero-order valence-corrected chi connectivity index (χ0v) is 15.2. The second-order valence-corrected chi connectivity index (χ2v) is 6.83. The molecule has 0 saturated heterocycles. The van der Waals surface area contributed by atoms with Crippen LogP contribution in [0.25, 0.3) is 0 Å². The van der Waals surface area contributed by atoms with Crippen molar-refractivity contribution in [1.82, 2.24) is 0 Å². The maximum Gasteiger partial charge on any atom is 0.417 e. The van der Waals surface area contributed by atoms with Crippen LogP contribution in [0.1, 0.15) is 54.1 Å². The van der Waals surface area contributed by atoms with Gasteiger partial charge in [0.15, 0.2) is 5.78 Å². The predicted molar refractivity (Wildman–Crippen MR) is 94.0 cm³/mol. The van der Waals surface area contributed by atoms with Gasteiger partial charge in [-0.05, 0) is 55.4 Å². The lowest BCUT2D eigenvalue weighted by molar-refractivity contribution is -0.137. The molecular weight excluding hydrogens is 368 g/mol. The summed E-state index contributed by atoms with van der Waals surface area (Å²) in [6, 6.07) is 9.45. The van der Waals surface area contributed by atoms with Crippen molar-refractivity contribution >= 4 is 17.4 Å². The van der Waals surface area contributed by atoms with Gasteiger partial charge >= 0.3 is 6.18 Å². The van der Waals surface area contributed by atoms with Crippen LogP contribution in [0.3, 0.4) is 0 Å². The summed E-state index contributed by atoms with van der Waals surface area (Å²) in [5.74, 6) is 0.421. The molecule has 0 radical (unpaired) electrons. The smallest absolute Gasteiger partial charge is 0.294 e. The lowest BCUT2D eigenvalue weighted by Crippen LogP contribution is -2.20. The molecule has 1 saturated carbocycles. The van der Waals surface area contributed by atoms with Gasteiger partial charge in [0.2, 0.25) is 0 Å². The number of carbonyl (C=O) groups is 1. The second kappa shape index (κ2) is 8.21. The molecule has 2 atom stereocenters. The number of alkyl halides is 3. The van der Waals surface area contributed by atoms with Crippen LogP contribution >= 0.6 is 11.6 Å². The summed E-state index contributed by atoms with van der Waals surface area (Å²) in [5, 5.41) is 0.580. The fourth-order valence-corrected chi connectivity index (χ4v) is 3.28. The van der Waals surface area contributed by atoms with Crippen molar-refractivity contribution in [2.75, 3.05) is 0 Å². The standard InChI is InChI=1S/C11H12ClF.C9H7F3O/c1-7-2-4-9(7)10-5-3-8(13)6-11(10)12;1-6(13)7-4-2-3-5-8(7)9(10,11)12/h3,5-7,9H,2,4H2,1H3;2-5H,1H3/t7-,9+;/m1./s1. The average Bonchev–Trinajstić information content (AvgIpc) is 2.55. The van der Waals surface area contributed by atoms with Gasteiger partial charge in [0.05, 0.1) is 5.56 Å². The Hall–Kier alpha value is -1.88. The summed E-state index contributed by atoms with van der Waals surface area (Å²) in [6.07, 6.45) is -2.01. The van der Waals surface area contributed by atoms with Crippen molar-refractivity contribution in [3.05, 3.63) is 70.0 Å². The molecule has 6 heteroatoms. The Morgan fingerprint density at radius 2 is 1.77 bits per heavy atom. The molecule has 0 N–H and O–H groups in total. The van der Waals surface area contributed by atoms with E-state index >= 15 is 0 Å². The third-order valence-electron chi connectivity index (χ3n) is 4.59. The molecule has 1 nitrogen and oxygen atoms in total. The van der Waals surface area contributed by atoms with E-state index in [9.17, 15) is 22.4 Å². The van der Waals surface area contributed by atoms with E-state index in [0.717, 1.165) is 18.6 Å². The Labute approximate surface area is 155 Å². The van der Waals surface area contributed by atoms with Crippen molar-refractivity contribution in [1.29, 1.82) is 0 Å². The molecule has 26 heavy (non-hydrogen) atoms. The molecule has 1 fully saturated rings. The number of benzene rings is 2. The lowest BCUT2D eigenvalue weighted by Gasteiger charge is -2.34. The molecular formula is C20H19ClF4O. The van der Waals surface area contributed by atoms with Crippen LogP contribution in [0.15, 0.2) is 42.5 Å². The number of Topliss-reactive ketones (excluding diaryl/α,β-unsaturated/α-hetero) is 1. The Balaban J connectivity index is 0.000000187. The van der Waals surface area contributed by atoms with E-state index in [1.807, 2.05) is 6.07 Å². The van der Waals surface area contributed by atoms with Gasteiger partial charge < -0.3 is 0 Å². The molecule has 1 aliphatic rings. The van der Waals surface area contributed by atoms with Crippen molar-refractivity contribution in [3.63, 3.8) is 0 Å². The largest absolute Gasteiger partial charge is 0.417 e. The molecule has 2 aromatic carbocycles. The van der Waals surface area contributed by atoms with Crippen LogP contribution < -0.4 is 0 Å². The fraction of sp³-hybridized carbons (Fsp3) is 0.350. The molecule has 2 aromatic rings. The minimum Gasteiger partial charge on any atom is -0.294 e. The SMILES string of the molecule is CC(=O)c1ccccc1C(F)(F)F.C[C@@H]1CC[C@@H]1c1ccc(F)cc1Cl. The van der Waals surface area contributed by atoms with E-state index in [4.69, 9.17) is 11.6 Å². The highest BCUT2D eigenvalue weighted by molar-refractivity contribution is 6.31. The monoisotopic (exact) mass is 386 g/mol. The normalized spacial score (nSPS) is 19.2. The molecule has 3 rings (SSSR count). The van der Waals surface area contributed by atoms with Gasteiger partial charge in [-0.2, -0.15) is 13.2 Å². The number of hydrogen-bond acceptors (Lipinski definition) is 1. The number of halogens is 5. The van der Waals surface area contributed by atoms with Crippen LogP contribution in [0.5, 0.6) is 0 Å². The van der Waals surface area contributed by atoms with Crippen LogP contribution in [0.4, 0.5) is 17.6 Å². The Kier molecular flexibility index (Phi) is 6.45. The first-order chi connectivity index (χ1) is 12.1. The zero-order chi connectivity index (χ0) is 19.5. The fourth-order valence-electron chi connectivity index (χ4n) is 2.97. The van der Waals surface area contributed by atoms with Crippen molar-refractivity contribution in [2.45, 2.75) is 38.8 Å². The summed E-state index contributed by atoms with van der Waals surface area (Å²) in [6.45, 7) is 3.33.